The lowest BCUT2D eigenvalue weighted by Crippen LogP contribution is -2.28. The molecule has 2 heteroatoms. The fraction of sp³-hybridized carbons (Fsp3) is 0.256. The molecule has 206 valence electrons. The summed E-state index contributed by atoms with van der Waals surface area (Å²) in [5.41, 5.74) is 11.9. The molecule has 2 aliphatic rings. The van der Waals surface area contributed by atoms with Gasteiger partial charge in [0.15, 0.2) is 5.71 Å². The summed E-state index contributed by atoms with van der Waals surface area (Å²) in [7, 11) is 4.41. The van der Waals surface area contributed by atoms with Gasteiger partial charge >= 0.3 is 0 Å². The van der Waals surface area contributed by atoms with Gasteiger partial charge in [0.25, 0.3) is 0 Å². The van der Waals surface area contributed by atoms with Crippen molar-refractivity contribution < 1.29 is 4.58 Å². The lowest BCUT2D eigenvalue weighted by atomic mass is 9.76. The highest BCUT2D eigenvalue weighted by Crippen LogP contribution is 2.50. The highest BCUT2D eigenvalue weighted by molar-refractivity contribution is 6.07. The van der Waals surface area contributed by atoms with Crippen LogP contribution in [0.5, 0.6) is 0 Å². The van der Waals surface area contributed by atoms with Crippen LogP contribution in [0.3, 0.4) is 0 Å². The largest absolute Gasteiger partial charge is 0.347 e. The highest BCUT2D eigenvalue weighted by Gasteiger charge is 2.44. The zero-order valence-corrected chi connectivity index (χ0v) is 25.5. The van der Waals surface area contributed by atoms with Gasteiger partial charge in [0.1, 0.15) is 7.05 Å². The predicted molar refractivity (Wildman–Crippen MR) is 176 cm³/mol. The number of fused-ring (bicyclic) bond motifs is 4. The van der Waals surface area contributed by atoms with Crippen molar-refractivity contribution in [1.82, 2.24) is 0 Å². The van der Waals surface area contributed by atoms with E-state index < -0.39 is 0 Å². The Balaban J connectivity index is 1.31. The molecular weight excluding hydrogens is 496 g/mol. The van der Waals surface area contributed by atoms with Gasteiger partial charge in [0.05, 0.1) is 5.41 Å². The topological polar surface area (TPSA) is 6.25 Å². The Morgan fingerprint density at radius 2 is 1.56 bits per heavy atom. The third-order valence-electron chi connectivity index (χ3n) is 9.40. The minimum Gasteiger partial charge on any atom is -0.347 e. The van der Waals surface area contributed by atoms with E-state index in [1.165, 1.54) is 61.4 Å². The van der Waals surface area contributed by atoms with Crippen molar-refractivity contribution in [3.05, 3.63) is 143 Å². The van der Waals surface area contributed by atoms with Crippen molar-refractivity contribution in [2.45, 2.75) is 51.9 Å². The molecule has 4 aromatic carbocycles. The van der Waals surface area contributed by atoms with E-state index in [1.807, 2.05) is 0 Å². The Bertz CT molecular complexity index is 1780. The van der Waals surface area contributed by atoms with Gasteiger partial charge in [0, 0.05) is 41.6 Å². The Morgan fingerprint density at radius 3 is 2.34 bits per heavy atom. The first-order valence-electron chi connectivity index (χ1n) is 14.7. The molecule has 0 saturated carbocycles. The van der Waals surface area contributed by atoms with Crippen molar-refractivity contribution in [2.24, 2.45) is 0 Å². The van der Waals surface area contributed by atoms with Crippen molar-refractivity contribution in [1.29, 1.82) is 0 Å². The summed E-state index contributed by atoms with van der Waals surface area (Å²) >= 11 is 0. The Morgan fingerprint density at radius 1 is 0.805 bits per heavy atom. The number of rotatable bonds is 5. The van der Waals surface area contributed by atoms with E-state index >= 15 is 0 Å². The summed E-state index contributed by atoms with van der Waals surface area (Å²) in [5.74, 6) is 0. The average molecular weight is 538 g/mol. The monoisotopic (exact) mass is 537 g/mol. The van der Waals surface area contributed by atoms with E-state index in [0.29, 0.717) is 0 Å². The third kappa shape index (κ3) is 4.37. The number of aryl methyl sites for hydroxylation is 2. The number of hydrogen-bond acceptors (Lipinski definition) is 1. The van der Waals surface area contributed by atoms with Crippen LogP contribution in [0.1, 0.15) is 48.6 Å². The van der Waals surface area contributed by atoms with Crippen LogP contribution in [0.15, 0.2) is 115 Å². The Labute approximate surface area is 245 Å². The molecule has 0 spiro atoms. The maximum absolute atomic E-state index is 2.40. The van der Waals surface area contributed by atoms with E-state index in [4.69, 9.17) is 0 Å². The van der Waals surface area contributed by atoms with Crippen molar-refractivity contribution >= 4 is 27.9 Å². The normalized spacial score (nSPS) is 20.7. The number of hydrogen-bond donors (Lipinski definition) is 0. The minimum absolute atomic E-state index is 0.0782. The van der Waals surface area contributed by atoms with Gasteiger partial charge < -0.3 is 4.90 Å². The molecule has 0 N–H and O–H groups in total. The summed E-state index contributed by atoms with van der Waals surface area (Å²) in [4.78, 5) is 2.40. The average Bonchev–Trinajstić information content (AvgIpc) is 3.29. The van der Waals surface area contributed by atoms with E-state index in [1.54, 1.807) is 0 Å². The number of benzene rings is 4. The van der Waals surface area contributed by atoms with Crippen LogP contribution < -0.4 is 4.90 Å². The second-order valence-corrected chi connectivity index (χ2v) is 12.6. The number of anilines is 1. The van der Waals surface area contributed by atoms with Crippen molar-refractivity contribution in [3.63, 3.8) is 0 Å². The summed E-state index contributed by atoms with van der Waals surface area (Å²) in [6.07, 6.45) is 12.2. The minimum atomic E-state index is -0.107. The zero-order valence-electron chi connectivity index (χ0n) is 25.5. The van der Waals surface area contributed by atoms with E-state index in [2.05, 4.69) is 167 Å². The number of allylic oxidation sites excluding steroid dienone is 6. The molecule has 2 aliphatic heterocycles. The lowest BCUT2D eigenvalue weighted by molar-refractivity contribution is -0.401. The summed E-state index contributed by atoms with van der Waals surface area (Å²) in [6.45, 7) is 11.5. The first-order chi connectivity index (χ1) is 19.6. The molecule has 0 aromatic heterocycles. The maximum atomic E-state index is 2.40. The maximum Gasteiger partial charge on any atom is 0.210 e. The number of nitrogens with zero attached hydrogens (tertiary/aromatic N) is 2. The smallest absolute Gasteiger partial charge is 0.210 e. The molecule has 0 saturated heterocycles. The van der Waals surface area contributed by atoms with Gasteiger partial charge in [-0.3, -0.25) is 0 Å². The number of para-hydroxylation sites is 1. The van der Waals surface area contributed by atoms with Crippen LogP contribution in [0.4, 0.5) is 11.4 Å². The fourth-order valence-corrected chi connectivity index (χ4v) is 7.32. The van der Waals surface area contributed by atoms with E-state index in [-0.39, 0.29) is 10.8 Å². The van der Waals surface area contributed by atoms with Crippen LogP contribution >= 0.6 is 0 Å². The van der Waals surface area contributed by atoms with Gasteiger partial charge in [-0.25, -0.2) is 0 Å². The van der Waals surface area contributed by atoms with Crippen LogP contribution in [0.25, 0.3) is 10.8 Å². The van der Waals surface area contributed by atoms with Gasteiger partial charge in [-0.1, -0.05) is 90.5 Å². The molecule has 2 heterocycles. The first-order valence-corrected chi connectivity index (χ1v) is 14.7. The Kier molecular flexibility index (Phi) is 6.61. The molecule has 0 radical (unpaired) electrons. The van der Waals surface area contributed by atoms with Crippen molar-refractivity contribution in [2.75, 3.05) is 19.0 Å². The van der Waals surface area contributed by atoms with E-state index in [9.17, 15) is 0 Å². The molecule has 1 atom stereocenters. The molecule has 1 unspecified atom stereocenters. The standard InChI is InChI=1S/C39H41N2/c1-27-20-22-29(23-21-27)26-39(5)32-17-13-14-28(2)37(32)41(7)35(39)19-10-8-9-18-34-38(3,4)36-31-16-12-11-15-30(31)24-25-33(36)40(34)6/h8-25H,26H2,1-7H3/q+1. The van der Waals surface area contributed by atoms with Crippen LogP contribution in [-0.4, -0.2) is 24.4 Å². The van der Waals surface area contributed by atoms with Gasteiger partial charge in [-0.2, -0.15) is 4.58 Å². The summed E-state index contributed by atoms with van der Waals surface area (Å²) < 4.78 is 2.35. The molecule has 0 bridgehead atoms. The molecule has 6 rings (SSSR count). The first kappa shape index (κ1) is 27.0. The molecular formula is C39H41N2+. The second kappa shape index (κ2) is 10.0. The molecule has 0 amide bonds. The molecule has 0 aliphatic carbocycles. The third-order valence-corrected chi connectivity index (χ3v) is 9.40. The number of likely N-dealkylation sites (N-methyl/N-ethyl adjacent to an activating group) is 1. The fourth-order valence-electron chi connectivity index (χ4n) is 7.32. The highest BCUT2D eigenvalue weighted by atomic mass is 15.2. The van der Waals surface area contributed by atoms with Crippen molar-refractivity contribution in [3.8, 4) is 0 Å². The lowest BCUT2D eigenvalue weighted by Gasteiger charge is -2.29. The molecule has 0 fully saturated rings. The summed E-state index contributed by atoms with van der Waals surface area (Å²) in [6, 6.07) is 29.0. The second-order valence-electron chi connectivity index (χ2n) is 12.6. The van der Waals surface area contributed by atoms with Gasteiger partial charge in [-0.05, 0) is 80.6 Å². The van der Waals surface area contributed by atoms with Crippen LogP contribution in [0.2, 0.25) is 0 Å². The van der Waals surface area contributed by atoms with Gasteiger partial charge in [0.2, 0.25) is 5.69 Å². The predicted octanol–water partition coefficient (Wildman–Crippen LogP) is 9.11. The van der Waals surface area contributed by atoms with Gasteiger partial charge in [-0.15, -0.1) is 0 Å². The van der Waals surface area contributed by atoms with Crippen LogP contribution in [0, 0.1) is 13.8 Å². The molecule has 4 aromatic rings. The molecule has 41 heavy (non-hydrogen) atoms. The molecule has 2 nitrogen and oxygen atoms in total. The van der Waals surface area contributed by atoms with E-state index in [0.717, 1.165) is 6.42 Å². The summed E-state index contributed by atoms with van der Waals surface area (Å²) in [5, 5.41) is 2.65. The Hall–Kier alpha value is -4.17. The van der Waals surface area contributed by atoms with Crippen LogP contribution in [-0.2, 0) is 17.3 Å². The zero-order chi connectivity index (χ0) is 28.9. The SMILES string of the molecule is Cc1ccc(CC2(C)\C(=C/C=C/C=C/C3=[N+](C)c4ccc5ccccc5c4C3(C)C)N(C)c3c(C)cccc32)cc1. The quantitative estimate of drug-likeness (QED) is 0.182.